The van der Waals surface area contributed by atoms with E-state index in [1.165, 1.54) is 0 Å². The Kier molecular flexibility index (Phi) is 6.80. The number of carbonyl (C=O) groups excluding carboxylic acids is 1. The van der Waals surface area contributed by atoms with Crippen molar-refractivity contribution in [3.8, 4) is 0 Å². The third-order valence-corrected chi connectivity index (χ3v) is 2.90. The van der Waals surface area contributed by atoms with Crippen molar-refractivity contribution in [3.63, 3.8) is 0 Å². The van der Waals surface area contributed by atoms with Gasteiger partial charge in [0.25, 0.3) is 0 Å². The van der Waals surface area contributed by atoms with Crippen LogP contribution in [0.2, 0.25) is 0 Å². The van der Waals surface area contributed by atoms with Gasteiger partial charge >= 0.3 is 5.97 Å². The molecule has 4 nitrogen and oxygen atoms in total. The molecule has 0 aliphatic carbocycles. The predicted molar refractivity (Wildman–Crippen MR) is 61.2 cm³/mol. The van der Waals surface area contributed by atoms with Crippen LogP contribution in [0.4, 0.5) is 0 Å². The lowest BCUT2D eigenvalue weighted by atomic mass is 10.4. The molecule has 0 unspecified atom stereocenters. The van der Waals surface area contributed by atoms with Crippen LogP contribution >= 0.6 is 11.8 Å². The quantitative estimate of drug-likeness (QED) is 0.629. The zero-order valence-corrected chi connectivity index (χ0v) is 10.1. The van der Waals surface area contributed by atoms with E-state index in [2.05, 4.69) is 4.90 Å². The third kappa shape index (κ3) is 6.02. The molecule has 1 heterocycles. The molecular formula is C10H19NO3S. The second-order valence-corrected chi connectivity index (χ2v) is 4.40. The molecule has 0 saturated carbocycles. The molecule has 0 aromatic carbocycles. The lowest BCUT2D eigenvalue weighted by Crippen LogP contribution is -2.38. The minimum Gasteiger partial charge on any atom is -0.464 e. The molecule has 0 bridgehead atoms. The summed E-state index contributed by atoms with van der Waals surface area (Å²) in [5.41, 5.74) is 0. The van der Waals surface area contributed by atoms with Crippen molar-refractivity contribution in [1.82, 2.24) is 4.90 Å². The number of rotatable bonds is 6. The summed E-state index contributed by atoms with van der Waals surface area (Å²) >= 11 is 1.66. The fourth-order valence-electron chi connectivity index (χ4n) is 1.37. The highest BCUT2D eigenvalue weighted by Crippen LogP contribution is 1.99. The lowest BCUT2D eigenvalue weighted by molar-refractivity contribution is -0.143. The van der Waals surface area contributed by atoms with Gasteiger partial charge < -0.3 is 9.47 Å². The Hall–Kier alpha value is -0.260. The van der Waals surface area contributed by atoms with Crippen molar-refractivity contribution in [3.05, 3.63) is 0 Å². The van der Waals surface area contributed by atoms with Gasteiger partial charge in [-0.15, -0.1) is 0 Å². The van der Waals surface area contributed by atoms with Crippen molar-refractivity contribution in [1.29, 1.82) is 0 Å². The summed E-state index contributed by atoms with van der Waals surface area (Å²) in [5.74, 6) is 0.758. The highest BCUT2D eigenvalue weighted by atomic mass is 32.2. The number of morpholine rings is 1. The Morgan fingerprint density at radius 2 is 2.20 bits per heavy atom. The van der Waals surface area contributed by atoms with E-state index < -0.39 is 0 Å². The second-order valence-electron chi connectivity index (χ2n) is 3.42. The topological polar surface area (TPSA) is 38.8 Å². The van der Waals surface area contributed by atoms with Crippen molar-refractivity contribution in [2.75, 3.05) is 51.5 Å². The molecule has 0 amide bonds. The number of carbonyl (C=O) groups is 1. The first kappa shape index (κ1) is 12.8. The van der Waals surface area contributed by atoms with Crippen molar-refractivity contribution in [2.45, 2.75) is 6.42 Å². The smallest absolute Gasteiger partial charge is 0.306 e. The van der Waals surface area contributed by atoms with E-state index in [9.17, 15) is 4.79 Å². The van der Waals surface area contributed by atoms with Crippen molar-refractivity contribution >= 4 is 17.7 Å². The van der Waals surface area contributed by atoms with Crippen LogP contribution < -0.4 is 0 Å². The van der Waals surface area contributed by atoms with Crippen molar-refractivity contribution < 1.29 is 14.3 Å². The second kappa shape index (κ2) is 7.96. The monoisotopic (exact) mass is 233 g/mol. The van der Waals surface area contributed by atoms with Crippen LogP contribution in [0.1, 0.15) is 6.42 Å². The summed E-state index contributed by atoms with van der Waals surface area (Å²) in [6.45, 7) is 4.81. The van der Waals surface area contributed by atoms with Gasteiger partial charge in [-0.3, -0.25) is 9.69 Å². The van der Waals surface area contributed by atoms with Crippen LogP contribution in [0.3, 0.4) is 0 Å². The van der Waals surface area contributed by atoms with Crippen LogP contribution in [0, 0.1) is 0 Å². The molecule has 15 heavy (non-hydrogen) atoms. The van der Waals surface area contributed by atoms with Gasteiger partial charge in [0.05, 0.1) is 19.6 Å². The van der Waals surface area contributed by atoms with Crippen LogP contribution in [0.15, 0.2) is 0 Å². The molecule has 88 valence electrons. The van der Waals surface area contributed by atoms with E-state index in [0.29, 0.717) is 13.0 Å². The molecule has 1 fully saturated rings. The van der Waals surface area contributed by atoms with E-state index in [0.717, 1.165) is 38.6 Å². The Balaban J connectivity index is 1.97. The van der Waals surface area contributed by atoms with Gasteiger partial charge in [-0.1, -0.05) is 0 Å². The highest BCUT2D eigenvalue weighted by Gasteiger charge is 2.10. The molecule has 1 saturated heterocycles. The Morgan fingerprint density at radius 1 is 1.47 bits per heavy atom. The minimum absolute atomic E-state index is 0.0855. The summed E-state index contributed by atoms with van der Waals surface area (Å²) in [7, 11) is 0. The lowest BCUT2D eigenvalue weighted by Gasteiger charge is -2.26. The molecular weight excluding hydrogens is 214 g/mol. The molecule has 0 spiro atoms. The SMILES string of the molecule is CSCCC(=O)OCCN1CCOCC1. The predicted octanol–water partition coefficient (Wildman–Crippen LogP) is 0.615. The highest BCUT2D eigenvalue weighted by molar-refractivity contribution is 7.98. The third-order valence-electron chi connectivity index (χ3n) is 2.28. The van der Waals surface area contributed by atoms with Crippen LogP contribution in [-0.2, 0) is 14.3 Å². The van der Waals surface area contributed by atoms with Gasteiger partial charge in [-0.05, 0) is 6.26 Å². The van der Waals surface area contributed by atoms with Crippen LogP contribution in [0.5, 0.6) is 0 Å². The molecule has 1 aliphatic rings. The standard InChI is InChI=1S/C10H19NO3S/c1-15-9-2-10(12)14-8-5-11-3-6-13-7-4-11/h2-9H2,1H3. The molecule has 0 radical (unpaired) electrons. The normalized spacial score (nSPS) is 17.7. The van der Waals surface area contributed by atoms with Crippen molar-refractivity contribution in [2.24, 2.45) is 0 Å². The maximum atomic E-state index is 11.2. The zero-order valence-electron chi connectivity index (χ0n) is 9.24. The summed E-state index contributed by atoms with van der Waals surface area (Å²) in [6, 6.07) is 0. The minimum atomic E-state index is -0.0855. The number of hydrogen-bond acceptors (Lipinski definition) is 5. The van der Waals surface area contributed by atoms with Gasteiger partial charge in [0.2, 0.25) is 0 Å². The van der Waals surface area contributed by atoms with Gasteiger partial charge in [0.15, 0.2) is 0 Å². The summed E-state index contributed by atoms with van der Waals surface area (Å²) in [6.07, 6.45) is 2.51. The Bertz CT molecular complexity index is 184. The maximum Gasteiger partial charge on any atom is 0.306 e. The van der Waals surface area contributed by atoms with Gasteiger partial charge in [-0.25, -0.2) is 0 Å². The summed E-state index contributed by atoms with van der Waals surface area (Å²) in [4.78, 5) is 13.4. The average Bonchev–Trinajstić information content (AvgIpc) is 2.28. The number of thioether (sulfide) groups is 1. The number of nitrogens with zero attached hydrogens (tertiary/aromatic N) is 1. The number of ether oxygens (including phenoxy) is 2. The fourth-order valence-corrected chi connectivity index (χ4v) is 1.74. The maximum absolute atomic E-state index is 11.2. The first-order valence-electron chi connectivity index (χ1n) is 5.27. The van der Waals surface area contributed by atoms with E-state index >= 15 is 0 Å². The summed E-state index contributed by atoms with van der Waals surface area (Å²) < 4.78 is 10.3. The molecule has 5 heteroatoms. The Labute approximate surface area is 95.3 Å². The van der Waals surface area contributed by atoms with E-state index in [1.807, 2.05) is 6.26 Å². The fraction of sp³-hybridized carbons (Fsp3) is 0.900. The first-order valence-corrected chi connectivity index (χ1v) is 6.67. The van der Waals surface area contributed by atoms with Gasteiger partial charge in [0, 0.05) is 25.4 Å². The van der Waals surface area contributed by atoms with E-state index in [1.54, 1.807) is 11.8 Å². The van der Waals surface area contributed by atoms with Crippen LogP contribution in [0.25, 0.3) is 0 Å². The molecule has 0 aromatic rings. The largest absolute Gasteiger partial charge is 0.464 e. The molecule has 1 aliphatic heterocycles. The summed E-state index contributed by atoms with van der Waals surface area (Å²) in [5, 5.41) is 0. The number of esters is 1. The number of hydrogen-bond donors (Lipinski definition) is 0. The Morgan fingerprint density at radius 3 is 2.87 bits per heavy atom. The van der Waals surface area contributed by atoms with Crippen LogP contribution in [-0.4, -0.2) is 62.3 Å². The first-order chi connectivity index (χ1) is 7.33. The molecule has 0 aromatic heterocycles. The molecule has 0 atom stereocenters. The van der Waals surface area contributed by atoms with Gasteiger partial charge in [0.1, 0.15) is 6.61 Å². The zero-order chi connectivity index (χ0) is 10.9. The van der Waals surface area contributed by atoms with Gasteiger partial charge in [-0.2, -0.15) is 11.8 Å². The molecule has 1 rings (SSSR count). The van der Waals surface area contributed by atoms with E-state index in [-0.39, 0.29) is 5.97 Å². The van der Waals surface area contributed by atoms with E-state index in [4.69, 9.17) is 9.47 Å². The molecule has 0 N–H and O–H groups in total. The average molecular weight is 233 g/mol.